The summed E-state index contributed by atoms with van der Waals surface area (Å²) in [6.45, 7) is 4.97. The zero-order valence-electron chi connectivity index (χ0n) is 12.9. The first-order valence-corrected chi connectivity index (χ1v) is 7.79. The maximum absolute atomic E-state index is 11.6. The van der Waals surface area contributed by atoms with Gasteiger partial charge in [-0.2, -0.15) is 5.26 Å². The molecule has 0 aliphatic heterocycles. The van der Waals surface area contributed by atoms with Crippen LogP contribution in [-0.2, 0) is 4.79 Å². The van der Waals surface area contributed by atoms with Crippen molar-refractivity contribution in [2.75, 3.05) is 20.3 Å². The number of hydrogen-bond donors (Lipinski definition) is 1. The van der Waals surface area contributed by atoms with Crippen molar-refractivity contribution in [1.29, 1.82) is 5.26 Å². The molecular formula is C16H19BrN2O3. The molecule has 0 fully saturated rings. The second kappa shape index (κ2) is 9.11. The molecule has 1 aromatic carbocycles. The summed E-state index contributed by atoms with van der Waals surface area (Å²) in [6.07, 6.45) is 2.39. The Morgan fingerprint density at radius 1 is 1.41 bits per heavy atom. The molecule has 0 aliphatic carbocycles. The number of benzene rings is 1. The van der Waals surface area contributed by atoms with E-state index >= 15 is 0 Å². The maximum atomic E-state index is 11.6. The first-order valence-electron chi connectivity index (χ1n) is 7.00. The Morgan fingerprint density at radius 3 is 2.68 bits per heavy atom. The molecule has 1 amide bonds. The lowest BCUT2D eigenvalue weighted by Crippen LogP contribution is -2.19. The third-order valence-corrected chi connectivity index (χ3v) is 3.27. The van der Waals surface area contributed by atoms with Gasteiger partial charge in [-0.05, 0) is 53.0 Å². The molecule has 0 aliphatic rings. The number of amides is 1. The molecule has 0 atom stereocenters. The van der Waals surface area contributed by atoms with E-state index in [1.807, 2.05) is 19.9 Å². The van der Waals surface area contributed by atoms with Crippen LogP contribution in [0, 0.1) is 11.3 Å². The predicted molar refractivity (Wildman–Crippen MR) is 88.8 cm³/mol. The largest absolute Gasteiger partial charge is 0.490 e. The molecule has 0 spiro atoms. The van der Waals surface area contributed by atoms with Crippen LogP contribution in [-0.4, -0.2) is 26.2 Å². The van der Waals surface area contributed by atoms with Crippen molar-refractivity contribution < 1.29 is 14.3 Å². The van der Waals surface area contributed by atoms with Crippen molar-refractivity contribution in [2.24, 2.45) is 0 Å². The molecule has 1 rings (SSSR count). The summed E-state index contributed by atoms with van der Waals surface area (Å²) in [5.74, 6) is 0.771. The molecule has 0 saturated carbocycles. The fourth-order valence-corrected chi connectivity index (χ4v) is 2.30. The summed E-state index contributed by atoms with van der Waals surface area (Å²) in [7, 11) is 1.48. The number of hydrogen-bond acceptors (Lipinski definition) is 4. The van der Waals surface area contributed by atoms with Crippen molar-refractivity contribution in [3.8, 4) is 17.6 Å². The Bertz CT molecular complexity index is 606. The number of rotatable bonds is 7. The summed E-state index contributed by atoms with van der Waals surface area (Å²) in [4.78, 5) is 11.6. The smallest absolute Gasteiger partial charge is 0.261 e. The summed E-state index contributed by atoms with van der Waals surface area (Å²) in [5.41, 5.74) is 0.707. The van der Waals surface area contributed by atoms with Gasteiger partial charge in [-0.3, -0.25) is 4.79 Å². The number of nitrogens with one attached hydrogen (secondary N) is 1. The fourth-order valence-electron chi connectivity index (χ4n) is 1.73. The van der Waals surface area contributed by atoms with E-state index in [1.54, 1.807) is 12.1 Å². The van der Waals surface area contributed by atoms with Crippen LogP contribution in [0.4, 0.5) is 0 Å². The maximum Gasteiger partial charge on any atom is 0.261 e. The first-order chi connectivity index (χ1) is 10.6. The molecule has 0 aromatic heterocycles. The van der Waals surface area contributed by atoms with Gasteiger partial charge in [-0.25, -0.2) is 0 Å². The minimum atomic E-state index is -0.428. The van der Waals surface area contributed by atoms with Gasteiger partial charge in [0.15, 0.2) is 11.5 Å². The molecule has 1 N–H and O–H groups in total. The highest BCUT2D eigenvalue weighted by Gasteiger charge is 2.13. The SMILES string of the molecule is CCCOc1c(Br)cc(/C=C(\C#N)C(=O)NC)cc1OCC. The lowest BCUT2D eigenvalue weighted by Gasteiger charge is -2.14. The van der Waals surface area contributed by atoms with Crippen molar-refractivity contribution in [3.63, 3.8) is 0 Å². The van der Waals surface area contributed by atoms with Crippen LogP contribution in [0.3, 0.4) is 0 Å². The lowest BCUT2D eigenvalue weighted by molar-refractivity contribution is -0.116. The highest BCUT2D eigenvalue weighted by Crippen LogP contribution is 2.37. The summed E-state index contributed by atoms with van der Waals surface area (Å²) < 4.78 is 12.0. The van der Waals surface area contributed by atoms with E-state index in [0.29, 0.717) is 34.7 Å². The average Bonchev–Trinajstić information content (AvgIpc) is 2.51. The Balaban J connectivity index is 3.26. The number of halogens is 1. The minimum Gasteiger partial charge on any atom is -0.490 e. The highest BCUT2D eigenvalue weighted by atomic mass is 79.9. The van der Waals surface area contributed by atoms with Crippen LogP contribution in [0.1, 0.15) is 25.8 Å². The Kier molecular flexibility index (Phi) is 7.47. The van der Waals surface area contributed by atoms with Gasteiger partial charge in [0.05, 0.1) is 17.7 Å². The van der Waals surface area contributed by atoms with Crippen LogP contribution < -0.4 is 14.8 Å². The van der Waals surface area contributed by atoms with Crippen LogP contribution >= 0.6 is 15.9 Å². The summed E-state index contributed by atoms with van der Waals surface area (Å²) in [6, 6.07) is 5.42. The monoisotopic (exact) mass is 366 g/mol. The molecule has 1 aromatic rings. The third-order valence-electron chi connectivity index (χ3n) is 2.69. The van der Waals surface area contributed by atoms with Crippen LogP contribution in [0.25, 0.3) is 6.08 Å². The Morgan fingerprint density at radius 2 is 2.14 bits per heavy atom. The summed E-state index contributed by atoms with van der Waals surface area (Å²) in [5, 5.41) is 11.5. The third kappa shape index (κ3) is 4.78. The van der Waals surface area contributed by atoms with Crippen molar-refractivity contribution in [1.82, 2.24) is 5.32 Å². The predicted octanol–water partition coefficient (Wildman–Crippen LogP) is 3.29. The van der Waals surface area contributed by atoms with Crippen LogP contribution in [0.2, 0.25) is 0 Å². The van der Waals surface area contributed by atoms with Gasteiger partial charge in [-0.15, -0.1) is 0 Å². The van der Waals surface area contributed by atoms with Gasteiger partial charge in [0.2, 0.25) is 0 Å². The molecule has 0 unspecified atom stereocenters. The van der Waals surface area contributed by atoms with Gasteiger partial charge in [-0.1, -0.05) is 6.92 Å². The average molecular weight is 367 g/mol. The zero-order chi connectivity index (χ0) is 16.5. The molecular weight excluding hydrogens is 348 g/mol. The quantitative estimate of drug-likeness (QED) is 0.593. The molecule has 22 heavy (non-hydrogen) atoms. The number of likely N-dealkylation sites (N-methyl/N-ethyl adjacent to an activating group) is 1. The molecule has 118 valence electrons. The highest BCUT2D eigenvalue weighted by molar-refractivity contribution is 9.10. The number of nitriles is 1. The van der Waals surface area contributed by atoms with Gasteiger partial charge in [0, 0.05) is 7.05 Å². The van der Waals surface area contributed by atoms with E-state index in [2.05, 4.69) is 21.2 Å². The number of carbonyl (C=O) groups is 1. The van der Waals surface area contributed by atoms with E-state index in [4.69, 9.17) is 14.7 Å². The van der Waals surface area contributed by atoms with E-state index in [1.165, 1.54) is 13.1 Å². The van der Waals surface area contributed by atoms with E-state index in [0.717, 1.165) is 6.42 Å². The second-order valence-electron chi connectivity index (χ2n) is 4.36. The molecule has 0 saturated heterocycles. The zero-order valence-corrected chi connectivity index (χ0v) is 14.5. The van der Waals surface area contributed by atoms with Crippen LogP contribution in [0.15, 0.2) is 22.2 Å². The molecule has 0 heterocycles. The normalized spacial score (nSPS) is 10.8. The lowest BCUT2D eigenvalue weighted by atomic mass is 10.1. The van der Waals surface area contributed by atoms with Gasteiger partial charge >= 0.3 is 0 Å². The van der Waals surface area contributed by atoms with E-state index < -0.39 is 5.91 Å². The molecule has 0 bridgehead atoms. The summed E-state index contributed by atoms with van der Waals surface area (Å²) >= 11 is 3.45. The van der Waals surface area contributed by atoms with E-state index in [-0.39, 0.29) is 5.57 Å². The topological polar surface area (TPSA) is 71.3 Å². The standard InChI is InChI=1S/C16H19BrN2O3/c1-4-6-22-15-13(17)8-11(9-14(15)21-5-2)7-12(10-18)16(20)19-3/h7-9H,4-6H2,1-3H3,(H,19,20)/b12-7+. The van der Waals surface area contributed by atoms with Gasteiger partial charge in [0.25, 0.3) is 5.91 Å². The fraction of sp³-hybridized carbons (Fsp3) is 0.375. The molecule has 5 nitrogen and oxygen atoms in total. The first kappa shape index (κ1) is 18.1. The molecule has 6 heteroatoms. The minimum absolute atomic E-state index is 0.0269. The Labute approximate surface area is 139 Å². The van der Waals surface area contributed by atoms with Gasteiger partial charge < -0.3 is 14.8 Å². The van der Waals surface area contributed by atoms with Crippen molar-refractivity contribution in [2.45, 2.75) is 20.3 Å². The number of carbonyl (C=O) groups excluding carboxylic acids is 1. The number of nitrogens with zero attached hydrogens (tertiary/aromatic N) is 1. The van der Waals surface area contributed by atoms with Crippen LogP contribution in [0.5, 0.6) is 11.5 Å². The second-order valence-corrected chi connectivity index (χ2v) is 5.21. The van der Waals surface area contributed by atoms with E-state index in [9.17, 15) is 4.79 Å². The van der Waals surface area contributed by atoms with Gasteiger partial charge in [0.1, 0.15) is 11.6 Å². The Hall–Kier alpha value is -2.00. The van der Waals surface area contributed by atoms with Crippen molar-refractivity contribution in [3.05, 3.63) is 27.7 Å². The number of ether oxygens (including phenoxy) is 2. The molecule has 0 radical (unpaired) electrons. The van der Waals surface area contributed by atoms with Crippen molar-refractivity contribution >= 4 is 27.9 Å².